The average Bonchev–Trinajstić information content (AvgIpc) is 2.69. The first-order valence-electron chi connectivity index (χ1n) is 9.09. The van der Waals surface area contributed by atoms with Gasteiger partial charge >= 0.3 is 0 Å². The molecule has 2 N–H and O–H groups in total. The van der Waals surface area contributed by atoms with E-state index in [2.05, 4.69) is 31.8 Å². The molecule has 0 heterocycles. The SMILES string of the molecule is COc1ccc(C(=O)NCCC(=O)NN=Cc2cc(Br)ccc2OC(C)C)cc1. The molecule has 0 aromatic heterocycles. The van der Waals surface area contributed by atoms with E-state index in [-0.39, 0.29) is 30.9 Å². The van der Waals surface area contributed by atoms with Crippen LogP contribution in [0.3, 0.4) is 0 Å². The van der Waals surface area contributed by atoms with Gasteiger partial charge in [0.05, 0.1) is 19.4 Å². The summed E-state index contributed by atoms with van der Waals surface area (Å²) in [4.78, 5) is 24.0. The van der Waals surface area contributed by atoms with Crippen molar-refractivity contribution in [3.8, 4) is 11.5 Å². The van der Waals surface area contributed by atoms with Crippen LogP contribution < -0.4 is 20.2 Å². The normalized spacial score (nSPS) is 10.8. The second-order valence-corrected chi connectivity index (χ2v) is 7.29. The van der Waals surface area contributed by atoms with Gasteiger partial charge in [-0.1, -0.05) is 15.9 Å². The Labute approximate surface area is 178 Å². The second-order valence-electron chi connectivity index (χ2n) is 6.38. The highest BCUT2D eigenvalue weighted by Crippen LogP contribution is 2.22. The Hall–Kier alpha value is -2.87. The zero-order valence-corrected chi connectivity index (χ0v) is 18.2. The zero-order valence-electron chi connectivity index (χ0n) is 16.6. The van der Waals surface area contributed by atoms with Gasteiger partial charge in [0.15, 0.2) is 0 Å². The van der Waals surface area contributed by atoms with Gasteiger partial charge < -0.3 is 14.8 Å². The zero-order chi connectivity index (χ0) is 21.2. The lowest BCUT2D eigenvalue weighted by atomic mass is 10.2. The molecule has 8 heteroatoms. The molecule has 7 nitrogen and oxygen atoms in total. The third-order valence-corrected chi connectivity index (χ3v) is 4.21. The van der Waals surface area contributed by atoms with Gasteiger partial charge in [0.25, 0.3) is 5.91 Å². The summed E-state index contributed by atoms with van der Waals surface area (Å²) in [5.41, 5.74) is 3.69. The molecule has 0 aliphatic rings. The Morgan fingerprint density at radius 2 is 1.90 bits per heavy atom. The van der Waals surface area contributed by atoms with Crippen molar-refractivity contribution in [2.45, 2.75) is 26.4 Å². The number of hydrogen-bond donors (Lipinski definition) is 2. The third-order valence-electron chi connectivity index (χ3n) is 3.72. The van der Waals surface area contributed by atoms with Crippen molar-refractivity contribution in [2.24, 2.45) is 5.10 Å². The standard InChI is InChI=1S/C21H24BrN3O4/c1-14(2)29-19-9-6-17(22)12-16(19)13-24-25-20(26)10-11-23-21(27)15-4-7-18(28-3)8-5-15/h4-9,12-14H,10-11H2,1-3H3,(H,23,27)(H,25,26). The number of nitrogens with zero attached hydrogens (tertiary/aromatic N) is 1. The first kappa shape index (κ1) is 22.4. The van der Waals surface area contributed by atoms with Gasteiger partial charge in [0.2, 0.25) is 5.91 Å². The maximum atomic E-state index is 12.1. The van der Waals surface area contributed by atoms with Crippen LogP contribution in [0.15, 0.2) is 52.0 Å². The number of carbonyl (C=O) groups is 2. The number of benzene rings is 2. The summed E-state index contributed by atoms with van der Waals surface area (Å²) < 4.78 is 11.7. The minimum absolute atomic E-state index is 0.0206. The van der Waals surface area contributed by atoms with Crippen LogP contribution in [-0.2, 0) is 4.79 Å². The number of methoxy groups -OCH3 is 1. The Bertz CT molecular complexity index is 867. The number of nitrogens with one attached hydrogen (secondary N) is 2. The Morgan fingerprint density at radius 1 is 1.17 bits per heavy atom. The molecule has 0 unspecified atom stereocenters. The third kappa shape index (κ3) is 7.57. The summed E-state index contributed by atoms with van der Waals surface area (Å²) in [6.07, 6.45) is 1.65. The van der Waals surface area contributed by atoms with Crippen molar-refractivity contribution in [1.29, 1.82) is 0 Å². The van der Waals surface area contributed by atoms with Crippen LogP contribution in [-0.4, -0.2) is 37.8 Å². The number of rotatable bonds is 9. The monoisotopic (exact) mass is 461 g/mol. The molecule has 0 aliphatic heterocycles. The van der Waals surface area contributed by atoms with E-state index in [0.29, 0.717) is 17.1 Å². The maximum absolute atomic E-state index is 12.1. The fourth-order valence-electron chi connectivity index (χ4n) is 2.35. The lowest BCUT2D eigenvalue weighted by molar-refractivity contribution is -0.120. The summed E-state index contributed by atoms with van der Waals surface area (Å²) in [5, 5.41) is 6.67. The van der Waals surface area contributed by atoms with Crippen molar-refractivity contribution < 1.29 is 19.1 Å². The highest BCUT2D eigenvalue weighted by Gasteiger charge is 2.07. The fourth-order valence-corrected chi connectivity index (χ4v) is 2.72. The molecular weight excluding hydrogens is 438 g/mol. The Balaban J connectivity index is 1.81. The molecule has 0 fully saturated rings. The van der Waals surface area contributed by atoms with Crippen molar-refractivity contribution in [3.05, 3.63) is 58.1 Å². The predicted octanol–water partition coefficient (Wildman–Crippen LogP) is 3.52. The topological polar surface area (TPSA) is 89.0 Å². The summed E-state index contributed by atoms with van der Waals surface area (Å²) >= 11 is 3.41. The van der Waals surface area contributed by atoms with Gasteiger partial charge in [-0.05, 0) is 56.3 Å². The molecule has 2 aromatic carbocycles. The number of ether oxygens (including phenoxy) is 2. The molecule has 0 saturated heterocycles. The molecule has 2 aromatic rings. The van der Waals surface area contributed by atoms with Gasteiger partial charge in [0, 0.05) is 28.6 Å². The number of amides is 2. The molecule has 0 aliphatic carbocycles. The van der Waals surface area contributed by atoms with Crippen molar-refractivity contribution in [1.82, 2.24) is 10.7 Å². The quantitative estimate of drug-likeness (QED) is 0.441. The number of hydrogen-bond acceptors (Lipinski definition) is 5. The summed E-state index contributed by atoms with van der Waals surface area (Å²) in [6.45, 7) is 4.07. The van der Waals surface area contributed by atoms with Crippen LogP contribution in [0.1, 0.15) is 36.2 Å². The molecule has 0 radical (unpaired) electrons. The summed E-state index contributed by atoms with van der Waals surface area (Å²) in [7, 11) is 1.56. The summed E-state index contributed by atoms with van der Waals surface area (Å²) in [5.74, 6) is 0.783. The van der Waals surface area contributed by atoms with Crippen LogP contribution in [0, 0.1) is 0 Å². The Morgan fingerprint density at radius 3 is 2.55 bits per heavy atom. The predicted molar refractivity (Wildman–Crippen MR) is 116 cm³/mol. The molecule has 0 bridgehead atoms. The summed E-state index contributed by atoms with van der Waals surface area (Å²) in [6, 6.07) is 12.3. The molecule has 29 heavy (non-hydrogen) atoms. The molecular formula is C21H24BrN3O4. The molecule has 2 amide bonds. The average molecular weight is 462 g/mol. The van der Waals surface area contributed by atoms with Gasteiger partial charge in [-0.3, -0.25) is 9.59 Å². The van der Waals surface area contributed by atoms with Crippen molar-refractivity contribution in [3.63, 3.8) is 0 Å². The number of halogens is 1. The van der Waals surface area contributed by atoms with Gasteiger partial charge in [0.1, 0.15) is 11.5 Å². The second kappa shape index (κ2) is 11.2. The molecule has 0 saturated carbocycles. The molecule has 0 spiro atoms. The lowest BCUT2D eigenvalue weighted by Gasteiger charge is -2.12. The van der Waals surface area contributed by atoms with E-state index < -0.39 is 0 Å². The molecule has 2 rings (SSSR count). The van der Waals surface area contributed by atoms with E-state index in [9.17, 15) is 9.59 Å². The smallest absolute Gasteiger partial charge is 0.251 e. The molecule has 154 valence electrons. The van der Waals surface area contributed by atoms with Gasteiger partial charge in [-0.25, -0.2) is 5.43 Å². The number of hydrazone groups is 1. The lowest BCUT2D eigenvalue weighted by Crippen LogP contribution is -2.29. The first-order valence-corrected chi connectivity index (χ1v) is 9.88. The Kier molecular flexibility index (Phi) is 8.67. The number of carbonyl (C=O) groups excluding carboxylic acids is 2. The van der Waals surface area contributed by atoms with E-state index in [1.165, 1.54) is 6.21 Å². The minimum Gasteiger partial charge on any atom is -0.497 e. The van der Waals surface area contributed by atoms with E-state index in [1.54, 1.807) is 31.4 Å². The van der Waals surface area contributed by atoms with Crippen molar-refractivity contribution >= 4 is 34.0 Å². The van der Waals surface area contributed by atoms with Gasteiger partial charge in [-0.15, -0.1) is 0 Å². The van der Waals surface area contributed by atoms with Crippen molar-refractivity contribution in [2.75, 3.05) is 13.7 Å². The van der Waals surface area contributed by atoms with Crippen LogP contribution in [0.4, 0.5) is 0 Å². The van der Waals surface area contributed by atoms with Crippen LogP contribution in [0.5, 0.6) is 11.5 Å². The first-order chi connectivity index (χ1) is 13.9. The van der Waals surface area contributed by atoms with Gasteiger partial charge in [-0.2, -0.15) is 5.10 Å². The largest absolute Gasteiger partial charge is 0.497 e. The van der Waals surface area contributed by atoms with E-state index in [4.69, 9.17) is 9.47 Å². The van der Waals surface area contributed by atoms with E-state index in [1.807, 2.05) is 32.0 Å². The molecule has 0 atom stereocenters. The van der Waals surface area contributed by atoms with Crippen LogP contribution in [0.2, 0.25) is 0 Å². The maximum Gasteiger partial charge on any atom is 0.251 e. The highest BCUT2D eigenvalue weighted by molar-refractivity contribution is 9.10. The van der Waals surface area contributed by atoms with E-state index >= 15 is 0 Å². The highest BCUT2D eigenvalue weighted by atomic mass is 79.9. The minimum atomic E-state index is -0.308. The van der Waals surface area contributed by atoms with Crippen LogP contribution >= 0.6 is 15.9 Å². The van der Waals surface area contributed by atoms with Crippen LogP contribution in [0.25, 0.3) is 0 Å². The van der Waals surface area contributed by atoms with E-state index in [0.717, 1.165) is 10.0 Å². The fraction of sp³-hybridized carbons (Fsp3) is 0.286.